The Bertz CT molecular complexity index is 572. The largest absolute Gasteiger partial charge is 0.497 e. The van der Waals surface area contributed by atoms with Crippen LogP contribution in [0.4, 0.5) is 0 Å². The first kappa shape index (κ1) is 17.5. The minimum absolute atomic E-state index is 0.243. The summed E-state index contributed by atoms with van der Waals surface area (Å²) in [5.74, 6) is 1.74. The van der Waals surface area contributed by atoms with Crippen molar-refractivity contribution in [3.05, 3.63) is 17.7 Å². The topological polar surface area (TPSA) is 77.1 Å². The zero-order valence-corrected chi connectivity index (χ0v) is 13.8. The summed E-state index contributed by atoms with van der Waals surface area (Å²) in [5, 5.41) is 0. The van der Waals surface area contributed by atoms with E-state index in [1.165, 1.54) is 28.3 Å². The summed E-state index contributed by atoms with van der Waals surface area (Å²) in [7, 11) is 4.13. The number of benzene rings is 1. The molecule has 0 unspecified atom stereocenters. The van der Waals surface area contributed by atoms with E-state index in [2.05, 4.69) is 4.72 Å². The van der Waals surface area contributed by atoms with Gasteiger partial charge in [0.1, 0.15) is 5.75 Å². The second-order valence-electron chi connectivity index (χ2n) is 4.45. The van der Waals surface area contributed by atoms with Crippen molar-refractivity contribution in [2.45, 2.75) is 6.42 Å². The summed E-state index contributed by atoms with van der Waals surface area (Å²) in [6, 6.07) is 3.51. The van der Waals surface area contributed by atoms with Gasteiger partial charge in [0.2, 0.25) is 0 Å². The van der Waals surface area contributed by atoms with Gasteiger partial charge < -0.3 is 14.2 Å². The summed E-state index contributed by atoms with van der Waals surface area (Å²) < 4.78 is 42.7. The Kier molecular flexibility index (Phi) is 6.25. The van der Waals surface area contributed by atoms with Crippen LogP contribution in [0.15, 0.2) is 12.1 Å². The molecule has 0 radical (unpaired) electrons. The third-order valence-corrected chi connectivity index (χ3v) is 4.45. The average Bonchev–Trinajstić information content (AvgIpc) is 2.45. The van der Waals surface area contributed by atoms with Crippen LogP contribution < -0.4 is 18.9 Å². The molecule has 0 amide bonds. The van der Waals surface area contributed by atoms with Crippen LogP contribution in [0, 0.1) is 0 Å². The van der Waals surface area contributed by atoms with Crippen molar-refractivity contribution in [1.29, 1.82) is 0 Å². The Morgan fingerprint density at radius 3 is 2.24 bits per heavy atom. The highest BCUT2D eigenvalue weighted by atomic mass is 32.2. The number of nitrogens with one attached hydrogen (secondary N) is 1. The fourth-order valence-corrected chi connectivity index (χ4v) is 2.38. The van der Waals surface area contributed by atoms with Gasteiger partial charge in [-0.15, -0.1) is 0 Å². The fraction of sp³-hybridized carbons (Fsp3) is 0.538. The van der Waals surface area contributed by atoms with Gasteiger partial charge in [-0.3, -0.25) is 0 Å². The maximum atomic E-state index is 11.7. The third-order valence-electron chi connectivity index (χ3n) is 2.92. The number of rotatable bonds is 8. The molecule has 0 spiro atoms. The highest BCUT2D eigenvalue weighted by molar-refractivity contribution is 7.87. The first-order chi connectivity index (χ1) is 9.85. The number of nitrogens with zero attached hydrogens (tertiary/aromatic N) is 1. The molecule has 8 heteroatoms. The smallest absolute Gasteiger partial charge is 0.278 e. The molecule has 0 fully saturated rings. The van der Waals surface area contributed by atoms with Crippen LogP contribution in [0.1, 0.15) is 5.56 Å². The summed E-state index contributed by atoms with van der Waals surface area (Å²) in [5.41, 5.74) is 0.801. The van der Waals surface area contributed by atoms with E-state index in [1.54, 1.807) is 19.2 Å². The summed E-state index contributed by atoms with van der Waals surface area (Å²) in [6.45, 7) is 0.243. The highest BCUT2D eigenvalue weighted by Crippen LogP contribution is 2.35. The van der Waals surface area contributed by atoms with Crippen LogP contribution in [0.5, 0.6) is 17.2 Å². The second-order valence-corrected chi connectivity index (χ2v) is 6.42. The van der Waals surface area contributed by atoms with E-state index in [0.717, 1.165) is 9.87 Å². The lowest BCUT2D eigenvalue weighted by atomic mass is 10.1. The summed E-state index contributed by atoms with van der Waals surface area (Å²) in [6.07, 6.45) is 0.448. The van der Waals surface area contributed by atoms with Crippen LogP contribution >= 0.6 is 0 Å². The van der Waals surface area contributed by atoms with Gasteiger partial charge in [-0.1, -0.05) is 0 Å². The Hall–Kier alpha value is -1.51. The first-order valence-electron chi connectivity index (χ1n) is 6.31. The number of methoxy groups -OCH3 is 3. The van der Waals surface area contributed by atoms with Gasteiger partial charge in [0.25, 0.3) is 10.2 Å². The van der Waals surface area contributed by atoms with Gasteiger partial charge in [0, 0.05) is 32.3 Å². The van der Waals surface area contributed by atoms with E-state index in [0.29, 0.717) is 23.7 Å². The van der Waals surface area contributed by atoms with Crippen molar-refractivity contribution in [2.75, 3.05) is 42.0 Å². The van der Waals surface area contributed by atoms with Crippen molar-refractivity contribution in [1.82, 2.24) is 9.03 Å². The highest BCUT2D eigenvalue weighted by Gasteiger charge is 2.15. The Morgan fingerprint density at radius 1 is 1.10 bits per heavy atom. The monoisotopic (exact) mass is 318 g/mol. The minimum atomic E-state index is -3.44. The maximum Gasteiger partial charge on any atom is 0.278 e. The number of ether oxygens (including phenoxy) is 3. The van der Waals surface area contributed by atoms with E-state index in [-0.39, 0.29) is 6.54 Å². The van der Waals surface area contributed by atoms with Crippen LogP contribution in [0.3, 0.4) is 0 Å². The molecule has 1 aromatic rings. The van der Waals surface area contributed by atoms with Gasteiger partial charge in [-0.2, -0.15) is 12.7 Å². The normalized spacial score (nSPS) is 11.5. The summed E-state index contributed by atoms with van der Waals surface area (Å²) in [4.78, 5) is 0. The van der Waals surface area contributed by atoms with Crippen molar-refractivity contribution >= 4 is 10.2 Å². The van der Waals surface area contributed by atoms with E-state index >= 15 is 0 Å². The van der Waals surface area contributed by atoms with Gasteiger partial charge in [0.05, 0.1) is 21.3 Å². The molecule has 7 nitrogen and oxygen atoms in total. The molecule has 0 atom stereocenters. The van der Waals surface area contributed by atoms with Crippen LogP contribution in [0.2, 0.25) is 0 Å². The van der Waals surface area contributed by atoms with Crippen molar-refractivity contribution in [3.63, 3.8) is 0 Å². The number of hydrogen-bond acceptors (Lipinski definition) is 5. The Labute approximate surface area is 126 Å². The minimum Gasteiger partial charge on any atom is -0.497 e. The Morgan fingerprint density at radius 2 is 1.76 bits per heavy atom. The van der Waals surface area contributed by atoms with Crippen LogP contribution in [-0.2, 0) is 16.6 Å². The van der Waals surface area contributed by atoms with Gasteiger partial charge in [-0.25, -0.2) is 4.72 Å². The molecule has 21 heavy (non-hydrogen) atoms. The van der Waals surface area contributed by atoms with Crippen molar-refractivity contribution in [2.24, 2.45) is 0 Å². The fourth-order valence-electron chi connectivity index (χ4n) is 1.76. The zero-order chi connectivity index (χ0) is 16.0. The molecule has 0 aliphatic rings. The molecule has 1 N–H and O–H groups in total. The molecular formula is C13H22N2O5S. The predicted molar refractivity (Wildman–Crippen MR) is 80.4 cm³/mol. The zero-order valence-electron chi connectivity index (χ0n) is 13.0. The molecule has 0 bridgehead atoms. The molecular weight excluding hydrogens is 296 g/mol. The van der Waals surface area contributed by atoms with E-state index in [9.17, 15) is 8.42 Å². The van der Waals surface area contributed by atoms with Gasteiger partial charge in [-0.05, 0) is 12.5 Å². The molecule has 0 aliphatic carbocycles. The van der Waals surface area contributed by atoms with E-state index in [4.69, 9.17) is 14.2 Å². The molecule has 0 saturated heterocycles. The van der Waals surface area contributed by atoms with Crippen molar-refractivity contribution < 1.29 is 22.6 Å². The van der Waals surface area contributed by atoms with Crippen LogP contribution in [-0.4, -0.2) is 54.7 Å². The lowest BCUT2D eigenvalue weighted by Crippen LogP contribution is -2.36. The molecule has 0 aromatic heterocycles. The second kappa shape index (κ2) is 7.48. The standard InChI is InChI=1S/C13H22N2O5S/c1-15(2)21(16,17)14-7-6-10-8-11(18-3)9-12(19-4)13(10)20-5/h8-9,14H,6-7H2,1-5H3. The quantitative estimate of drug-likeness (QED) is 0.761. The van der Waals surface area contributed by atoms with E-state index in [1.807, 2.05) is 0 Å². The molecule has 120 valence electrons. The lowest BCUT2D eigenvalue weighted by Gasteiger charge is -2.16. The lowest BCUT2D eigenvalue weighted by molar-refractivity contribution is 0.345. The molecule has 0 heterocycles. The summed E-state index contributed by atoms with van der Waals surface area (Å²) >= 11 is 0. The maximum absolute atomic E-state index is 11.7. The predicted octanol–water partition coefficient (Wildman–Crippen LogP) is 0.651. The molecule has 0 saturated carbocycles. The average molecular weight is 318 g/mol. The third kappa shape index (κ3) is 4.48. The number of hydrogen-bond donors (Lipinski definition) is 1. The van der Waals surface area contributed by atoms with E-state index < -0.39 is 10.2 Å². The SMILES string of the molecule is COc1cc(CCNS(=O)(=O)N(C)C)c(OC)c(OC)c1. The molecule has 1 aromatic carbocycles. The molecule has 0 aliphatic heterocycles. The van der Waals surface area contributed by atoms with Crippen molar-refractivity contribution in [3.8, 4) is 17.2 Å². The molecule has 1 rings (SSSR count). The Balaban J connectivity index is 2.92. The van der Waals surface area contributed by atoms with Crippen LogP contribution in [0.25, 0.3) is 0 Å². The van der Waals surface area contributed by atoms with Gasteiger partial charge in [0.15, 0.2) is 11.5 Å². The first-order valence-corrected chi connectivity index (χ1v) is 7.75. The van der Waals surface area contributed by atoms with Gasteiger partial charge >= 0.3 is 0 Å².